The van der Waals surface area contributed by atoms with Gasteiger partial charge in [0, 0.05) is 56.3 Å². The molecule has 3 aromatic carbocycles. The molecule has 0 radical (unpaired) electrons. The third-order valence-electron chi connectivity index (χ3n) is 11.8. The van der Waals surface area contributed by atoms with Crippen LogP contribution in [0.2, 0.25) is 5.02 Å². The highest BCUT2D eigenvalue weighted by Crippen LogP contribution is 2.37. The van der Waals surface area contributed by atoms with Crippen LogP contribution in [0.25, 0.3) is 0 Å². The molecule has 0 saturated carbocycles. The third kappa shape index (κ3) is 6.53. The molecule has 0 spiro atoms. The van der Waals surface area contributed by atoms with E-state index in [1.807, 2.05) is 24.8 Å². The second-order valence-corrected chi connectivity index (χ2v) is 15.9. The molecule has 5 aliphatic rings. The van der Waals surface area contributed by atoms with Crippen molar-refractivity contribution in [2.24, 2.45) is 5.92 Å². The number of halogens is 1. The minimum atomic E-state index is -0.986. The van der Waals surface area contributed by atoms with Crippen molar-refractivity contribution in [1.82, 2.24) is 24.9 Å². The molecule has 1 unspecified atom stereocenters. The van der Waals surface area contributed by atoms with E-state index in [4.69, 9.17) is 21.6 Å². The smallest absolute Gasteiger partial charge is 0.262 e. The number of hydrogen-bond donors (Lipinski definition) is 1. The van der Waals surface area contributed by atoms with Gasteiger partial charge < -0.3 is 14.5 Å². The summed E-state index contributed by atoms with van der Waals surface area (Å²) in [6.45, 7) is 7.59. The van der Waals surface area contributed by atoms with Gasteiger partial charge in [0.1, 0.15) is 24.0 Å². The number of amides is 6. The van der Waals surface area contributed by atoms with E-state index in [1.165, 1.54) is 0 Å². The van der Waals surface area contributed by atoms with Crippen LogP contribution in [0.15, 0.2) is 54.6 Å². The van der Waals surface area contributed by atoms with Gasteiger partial charge in [0.2, 0.25) is 11.8 Å². The molecule has 6 amide bonds. The van der Waals surface area contributed by atoms with Crippen LogP contribution >= 0.6 is 11.6 Å². The second-order valence-electron chi connectivity index (χ2n) is 15.5. The fourth-order valence-corrected chi connectivity index (χ4v) is 8.59. The first-order chi connectivity index (χ1) is 26.3. The highest BCUT2D eigenvalue weighted by atomic mass is 35.5. The predicted molar refractivity (Wildman–Crippen MR) is 198 cm³/mol. The maximum Gasteiger partial charge on any atom is 0.262 e. The lowest BCUT2D eigenvalue weighted by Gasteiger charge is -2.54. The Morgan fingerprint density at radius 1 is 0.891 bits per heavy atom. The van der Waals surface area contributed by atoms with Crippen molar-refractivity contribution in [2.75, 3.05) is 26.2 Å². The van der Waals surface area contributed by atoms with E-state index in [9.17, 15) is 28.8 Å². The summed E-state index contributed by atoms with van der Waals surface area (Å²) in [5.41, 5.74) is 3.36. The van der Waals surface area contributed by atoms with Crippen molar-refractivity contribution in [2.45, 2.75) is 70.3 Å². The van der Waals surface area contributed by atoms with E-state index < -0.39 is 35.2 Å². The van der Waals surface area contributed by atoms with Crippen LogP contribution in [0.3, 0.4) is 0 Å². The molecule has 5 aliphatic heterocycles. The Hall–Kier alpha value is -5.58. The Labute approximate surface area is 322 Å². The Morgan fingerprint density at radius 3 is 2.07 bits per heavy atom. The molecule has 3 aromatic rings. The number of benzene rings is 3. The van der Waals surface area contributed by atoms with Gasteiger partial charge in [-0.2, -0.15) is 5.26 Å². The minimum absolute atomic E-state index is 0.0694. The molecule has 0 aliphatic carbocycles. The summed E-state index contributed by atoms with van der Waals surface area (Å²) < 4.78 is 6.11. The first-order valence-corrected chi connectivity index (χ1v) is 18.9. The first kappa shape index (κ1) is 36.4. The van der Waals surface area contributed by atoms with Crippen LogP contribution in [-0.2, 0) is 22.7 Å². The monoisotopic (exact) mass is 762 g/mol. The number of carbonyl (C=O) groups is 6. The van der Waals surface area contributed by atoms with Crippen LogP contribution < -0.4 is 10.1 Å². The van der Waals surface area contributed by atoms with E-state index in [2.05, 4.69) is 10.2 Å². The third-order valence-corrected chi connectivity index (χ3v) is 12.1. The lowest BCUT2D eigenvalue weighted by molar-refractivity contribution is -0.136. The molecule has 1 N–H and O–H groups in total. The van der Waals surface area contributed by atoms with Gasteiger partial charge in [-0.1, -0.05) is 11.6 Å². The molecule has 3 saturated heterocycles. The van der Waals surface area contributed by atoms with Crippen LogP contribution in [0, 0.1) is 17.2 Å². The Kier molecular flexibility index (Phi) is 9.22. The number of fused-ring (bicyclic) bond motifs is 2. The average Bonchev–Trinajstić information content (AvgIpc) is 3.67. The summed E-state index contributed by atoms with van der Waals surface area (Å²) in [7, 11) is 0. The van der Waals surface area contributed by atoms with Gasteiger partial charge in [0.25, 0.3) is 23.6 Å². The van der Waals surface area contributed by atoms with Gasteiger partial charge >= 0.3 is 0 Å². The van der Waals surface area contributed by atoms with Gasteiger partial charge in [-0.25, -0.2) is 0 Å². The molecule has 0 aromatic heterocycles. The molecule has 282 valence electrons. The topological polar surface area (TPSA) is 160 Å². The molecule has 55 heavy (non-hydrogen) atoms. The molecular formula is C41H39ClN6O7. The number of likely N-dealkylation sites (tertiary alicyclic amines) is 2. The summed E-state index contributed by atoms with van der Waals surface area (Å²) >= 11 is 6.16. The number of nitrogens with zero attached hydrogens (tertiary/aromatic N) is 5. The van der Waals surface area contributed by atoms with Gasteiger partial charge in [-0.15, -0.1) is 0 Å². The highest BCUT2D eigenvalue weighted by molar-refractivity contribution is 6.31. The zero-order valence-electron chi connectivity index (χ0n) is 30.5. The standard InChI is InChI=1S/C41H39ClN6O7/c1-41(2)34(55-29-8-7-26(18-43)32(42)17-29)22-47(41)38(52)25-5-3-24(4-6-25)37(51)46-13-11-23(12-14-46)19-45-20-27-15-30-31(16-28(27)21-45)40(54)48(39(30)53)33-9-10-35(49)44-36(33)50/h3-8,15-17,23,33-34H,9-14,19-22H2,1-2H3,(H,44,49,50)/t33?,34-/m0/s1. The van der Waals surface area contributed by atoms with Crippen molar-refractivity contribution < 1.29 is 33.5 Å². The summed E-state index contributed by atoms with van der Waals surface area (Å²) in [6.07, 6.45) is 1.62. The molecule has 14 heteroatoms. The van der Waals surface area contributed by atoms with Crippen molar-refractivity contribution in [3.63, 3.8) is 0 Å². The van der Waals surface area contributed by atoms with Crippen LogP contribution in [0.1, 0.15) is 97.7 Å². The number of hydrogen-bond acceptors (Lipinski definition) is 9. The van der Waals surface area contributed by atoms with Crippen LogP contribution in [0.5, 0.6) is 5.75 Å². The fraction of sp³-hybridized carbons (Fsp3) is 0.390. The SMILES string of the molecule is CC1(C)[C@@H](Oc2ccc(C#N)c(Cl)c2)CN1C(=O)c1ccc(C(=O)N2CCC(CN3Cc4cc5c(cc4C3)C(=O)N(C3CCC(=O)NC3=O)C5=O)CC2)cc1. The first-order valence-electron chi connectivity index (χ1n) is 18.5. The maximum atomic E-state index is 13.5. The fourth-order valence-electron chi connectivity index (χ4n) is 8.38. The zero-order valence-corrected chi connectivity index (χ0v) is 31.2. The van der Waals surface area contributed by atoms with Gasteiger partial charge in [-0.05, 0) is 98.7 Å². The second kappa shape index (κ2) is 13.9. The molecule has 3 fully saturated rings. The average molecular weight is 763 g/mol. The molecule has 0 bridgehead atoms. The zero-order chi connectivity index (χ0) is 38.8. The predicted octanol–water partition coefficient (Wildman–Crippen LogP) is 4.16. The lowest BCUT2D eigenvalue weighted by atomic mass is 9.84. The van der Waals surface area contributed by atoms with E-state index in [-0.39, 0.29) is 30.8 Å². The number of nitriles is 1. The number of carbonyl (C=O) groups excluding carboxylic acids is 6. The number of rotatable bonds is 7. The van der Waals surface area contributed by atoms with E-state index in [1.54, 1.807) is 59.5 Å². The van der Waals surface area contributed by atoms with E-state index in [0.717, 1.165) is 35.4 Å². The van der Waals surface area contributed by atoms with Crippen molar-refractivity contribution in [3.8, 4) is 11.8 Å². The van der Waals surface area contributed by atoms with Crippen LogP contribution in [0.4, 0.5) is 0 Å². The maximum absolute atomic E-state index is 13.5. The van der Waals surface area contributed by atoms with E-state index in [0.29, 0.717) is 77.2 Å². The minimum Gasteiger partial charge on any atom is -0.486 e. The highest BCUT2D eigenvalue weighted by Gasteiger charge is 2.51. The van der Waals surface area contributed by atoms with Crippen molar-refractivity contribution >= 4 is 47.0 Å². The Morgan fingerprint density at radius 2 is 1.51 bits per heavy atom. The van der Waals surface area contributed by atoms with Gasteiger partial charge in [0.15, 0.2) is 0 Å². The van der Waals surface area contributed by atoms with Gasteiger partial charge in [0.05, 0.1) is 33.8 Å². The van der Waals surface area contributed by atoms with Crippen molar-refractivity contribution in [1.29, 1.82) is 5.26 Å². The summed E-state index contributed by atoms with van der Waals surface area (Å²) in [4.78, 5) is 84.4. The van der Waals surface area contributed by atoms with Gasteiger partial charge in [-0.3, -0.25) is 43.9 Å². The summed E-state index contributed by atoms with van der Waals surface area (Å²) in [5, 5.41) is 11.7. The van der Waals surface area contributed by atoms with E-state index >= 15 is 0 Å². The molecular weight excluding hydrogens is 724 g/mol. The Balaban J connectivity index is 0.816. The number of imide groups is 2. The number of nitrogens with one attached hydrogen (secondary N) is 1. The summed E-state index contributed by atoms with van der Waals surface area (Å²) in [5.74, 6) is -1.34. The summed E-state index contributed by atoms with van der Waals surface area (Å²) in [6, 6.07) is 16.3. The molecule has 2 atom stereocenters. The number of piperidine rings is 2. The molecule has 8 rings (SSSR count). The largest absolute Gasteiger partial charge is 0.486 e. The van der Waals surface area contributed by atoms with Crippen molar-refractivity contribution in [3.05, 3.63) is 98.6 Å². The molecule has 5 heterocycles. The van der Waals surface area contributed by atoms with Crippen LogP contribution in [-0.4, -0.2) is 98.9 Å². The quantitative estimate of drug-likeness (QED) is 0.349. The number of ether oxygens (including phenoxy) is 1. The molecule has 13 nitrogen and oxygen atoms in total. The normalized spacial score (nSPS) is 22.2. The Bertz CT molecular complexity index is 2160. The lowest BCUT2D eigenvalue weighted by Crippen LogP contribution is -2.71.